The Kier molecular flexibility index (Phi) is 6.91. The van der Waals surface area contributed by atoms with Crippen molar-refractivity contribution < 1.29 is 23.5 Å². The number of carbonyl (C=O) groups is 3. The topological polar surface area (TPSA) is 87.7 Å². The van der Waals surface area contributed by atoms with Gasteiger partial charge in [-0.2, -0.15) is 0 Å². The van der Waals surface area contributed by atoms with E-state index in [1.165, 1.54) is 18.2 Å². The summed E-state index contributed by atoms with van der Waals surface area (Å²) in [5.74, 6) is -0.656. The first-order valence-electron chi connectivity index (χ1n) is 11.2. The quantitative estimate of drug-likeness (QED) is 0.675. The number of nitrogens with one attached hydrogen (secondary N) is 2. The molecule has 1 heterocycles. The second-order valence-electron chi connectivity index (χ2n) is 8.60. The smallest absolute Gasteiger partial charge is 0.253 e. The second kappa shape index (κ2) is 10.0. The first-order chi connectivity index (χ1) is 15.9. The minimum Gasteiger partial charge on any atom is -0.497 e. The summed E-state index contributed by atoms with van der Waals surface area (Å²) in [7, 11) is 1.55. The average molecular weight is 454 g/mol. The molecule has 2 aromatic carbocycles. The van der Waals surface area contributed by atoms with Gasteiger partial charge < -0.3 is 20.3 Å². The summed E-state index contributed by atoms with van der Waals surface area (Å²) in [6.07, 6.45) is 3.02. The third-order valence-electron chi connectivity index (χ3n) is 6.21. The van der Waals surface area contributed by atoms with Crippen LogP contribution in [0, 0.1) is 11.7 Å². The number of hydrogen-bond acceptors (Lipinski definition) is 4. The highest BCUT2D eigenvalue weighted by molar-refractivity contribution is 5.98. The van der Waals surface area contributed by atoms with Gasteiger partial charge in [0.15, 0.2) is 0 Å². The number of rotatable bonds is 7. The third kappa shape index (κ3) is 5.69. The number of benzene rings is 2. The van der Waals surface area contributed by atoms with Crippen LogP contribution in [0.15, 0.2) is 48.5 Å². The molecule has 1 saturated heterocycles. The van der Waals surface area contributed by atoms with Crippen LogP contribution in [-0.4, -0.2) is 54.9 Å². The van der Waals surface area contributed by atoms with E-state index in [1.807, 2.05) is 0 Å². The fourth-order valence-electron chi connectivity index (χ4n) is 4.12. The molecule has 2 N–H and O–H groups in total. The van der Waals surface area contributed by atoms with Gasteiger partial charge in [-0.15, -0.1) is 0 Å². The summed E-state index contributed by atoms with van der Waals surface area (Å²) in [4.78, 5) is 40.2. The molecule has 2 aliphatic rings. The lowest BCUT2D eigenvalue weighted by atomic mass is 9.88. The predicted molar refractivity (Wildman–Crippen MR) is 120 cm³/mol. The lowest BCUT2D eigenvalue weighted by Crippen LogP contribution is -2.54. The van der Waals surface area contributed by atoms with Crippen LogP contribution in [0.5, 0.6) is 5.75 Å². The van der Waals surface area contributed by atoms with Gasteiger partial charge in [-0.1, -0.05) is 6.07 Å². The van der Waals surface area contributed by atoms with Crippen LogP contribution >= 0.6 is 0 Å². The van der Waals surface area contributed by atoms with E-state index in [9.17, 15) is 18.8 Å². The molecule has 3 amide bonds. The molecule has 8 heteroatoms. The van der Waals surface area contributed by atoms with Crippen LogP contribution in [0.3, 0.4) is 0 Å². The third-order valence-corrected chi connectivity index (χ3v) is 6.21. The monoisotopic (exact) mass is 453 g/mol. The molecular weight excluding hydrogens is 425 g/mol. The Morgan fingerprint density at radius 1 is 1.00 bits per heavy atom. The number of piperidine rings is 1. The van der Waals surface area contributed by atoms with E-state index in [0.29, 0.717) is 42.8 Å². The summed E-state index contributed by atoms with van der Waals surface area (Å²) < 4.78 is 18.6. The Labute approximate surface area is 192 Å². The van der Waals surface area contributed by atoms with Gasteiger partial charge in [0.25, 0.3) is 11.8 Å². The molecule has 0 unspecified atom stereocenters. The van der Waals surface area contributed by atoms with Gasteiger partial charge in [0.2, 0.25) is 5.91 Å². The van der Waals surface area contributed by atoms with Crippen molar-refractivity contribution in [1.82, 2.24) is 15.5 Å². The van der Waals surface area contributed by atoms with Gasteiger partial charge in [-0.05, 0) is 74.1 Å². The van der Waals surface area contributed by atoms with Crippen molar-refractivity contribution in [2.75, 3.05) is 20.2 Å². The first kappa shape index (κ1) is 22.8. The van der Waals surface area contributed by atoms with Gasteiger partial charge >= 0.3 is 0 Å². The Morgan fingerprint density at radius 3 is 2.30 bits per heavy atom. The maximum atomic E-state index is 13.5. The second-order valence-corrected chi connectivity index (χ2v) is 8.60. The maximum Gasteiger partial charge on any atom is 0.253 e. The van der Waals surface area contributed by atoms with Gasteiger partial charge in [-0.3, -0.25) is 14.4 Å². The highest BCUT2D eigenvalue weighted by Gasteiger charge is 2.36. The van der Waals surface area contributed by atoms with E-state index >= 15 is 0 Å². The van der Waals surface area contributed by atoms with Gasteiger partial charge in [-0.25, -0.2) is 4.39 Å². The van der Waals surface area contributed by atoms with Crippen LogP contribution < -0.4 is 15.4 Å². The van der Waals surface area contributed by atoms with E-state index in [4.69, 9.17) is 4.74 Å². The number of nitrogens with zero attached hydrogens (tertiary/aromatic N) is 1. The Morgan fingerprint density at radius 2 is 1.70 bits per heavy atom. The zero-order chi connectivity index (χ0) is 23.4. The van der Waals surface area contributed by atoms with Crippen LogP contribution in [-0.2, 0) is 4.79 Å². The minimum absolute atomic E-state index is 0.109. The molecule has 1 aliphatic carbocycles. The first-order valence-corrected chi connectivity index (χ1v) is 11.2. The molecule has 1 saturated carbocycles. The number of hydrogen-bond donors (Lipinski definition) is 2. The predicted octanol–water partition coefficient (Wildman–Crippen LogP) is 2.76. The molecule has 0 aromatic heterocycles. The molecule has 1 atom stereocenters. The van der Waals surface area contributed by atoms with Crippen molar-refractivity contribution in [2.24, 2.45) is 5.92 Å². The minimum atomic E-state index is -0.688. The number of halogens is 1. The fourth-order valence-corrected chi connectivity index (χ4v) is 4.12. The summed E-state index contributed by atoms with van der Waals surface area (Å²) in [6, 6.07) is 11.8. The number of amides is 3. The molecule has 0 bridgehead atoms. The zero-order valence-corrected chi connectivity index (χ0v) is 18.6. The van der Waals surface area contributed by atoms with E-state index in [2.05, 4.69) is 10.6 Å². The molecule has 4 rings (SSSR count). The van der Waals surface area contributed by atoms with Crippen molar-refractivity contribution in [2.45, 2.75) is 37.8 Å². The molecule has 0 radical (unpaired) electrons. The van der Waals surface area contributed by atoms with E-state index in [-0.39, 0.29) is 29.7 Å². The van der Waals surface area contributed by atoms with Crippen molar-refractivity contribution >= 4 is 17.7 Å². The molecule has 2 fully saturated rings. The highest BCUT2D eigenvalue weighted by atomic mass is 19.1. The zero-order valence-electron chi connectivity index (χ0n) is 18.6. The molecule has 0 spiro atoms. The van der Waals surface area contributed by atoms with Crippen molar-refractivity contribution in [3.05, 3.63) is 65.5 Å². The lowest BCUT2D eigenvalue weighted by Gasteiger charge is -2.36. The van der Waals surface area contributed by atoms with Crippen LogP contribution in [0.1, 0.15) is 46.4 Å². The molecule has 7 nitrogen and oxygen atoms in total. The molecule has 2 aromatic rings. The molecule has 174 valence electrons. The average Bonchev–Trinajstić information content (AvgIpc) is 3.66. The normalized spacial score (nSPS) is 17.2. The van der Waals surface area contributed by atoms with Crippen molar-refractivity contribution in [3.63, 3.8) is 0 Å². The standard InChI is InChI=1S/C25H28FN3O4/c1-33-21-9-5-17(6-10-21)23(30)28-22(24(31)27-20-7-8-20)16-11-13-29(14-12-16)25(32)18-3-2-4-19(26)15-18/h2-6,9-10,15-16,20,22H,7-8,11-14H2,1H3,(H,27,31)(H,28,30)/t22-/m1/s1. The number of likely N-dealkylation sites (tertiary alicyclic amines) is 1. The van der Waals surface area contributed by atoms with E-state index < -0.39 is 11.9 Å². The lowest BCUT2D eigenvalue weighted by molar-refractivity contribution is -0.124. The summed E-state index contributed by atoms with van der Waals surface area (Å²) in [5.41, 5.74) is 0.753. The fraction of sp³-hybridized carbons (Fsp3) is 0.400. The SMILES string of the molecule is COc1ccc(C(=O)N[C@@H](C(=O)NC2CC2)C2CCN(C(=O)c3cccc(F)c3)CC2)cc1. The van der Waals surface area contributed by atoms with Crippen molar-refractivity contribution in [1.29, 1.82) is 0 Å². The Balaban J connectivity index is 1.42. The number of methoxy groups -OCH3 is 1. The summed E-state index contributed by atoms with van der Waals surface area (Å²) in [6.45, 7) is 0.872. The Hall–Kier alpha value is -3.42. The Bertz CT molecular complexity index is 1010. The van der Waals surface area contributed by atoms with Gasteiger partial charge in [0, 0.05) is 30.3 Å². The van der Waals surface area contributed by atoms with Crippen molar-refractivity contribution in [3.8, 4) is 5.75 Å². The van der Waals surface area contributed by atoms with Crippen LogP contribution in [0.4, 0.5) is 4.39 Å². The molecule has 33 heavy (non-hydrogen) atoms. The largest absolute Gasteiger partial charge is 0.497 e. The van der Waals surface area contributed by atoms with Gasteiger partial charge in [0.05, 0.1) is 7.11 Å². The number of ether oxygens (including phenoxy) is 1. The highest BCUT2D eigenvalue weighted by Crippen LogP contribution is 2.25. The number of carbonyl (C=O) groups excluding carboxylic acids is 3. The molecule has 1 aliphatic heterocycles. The maximum absolute atomic E-state index is 13.5. The van der Waals surface area contributed by atoms with E-state index in [0.717, 1.165) is 12.8 Å². The van der Waals surface area contributed by atoms with E-state index in [1.54, 1.807) is 42.3 Å². The summed E-state index contributed by atoms with van der Waals surface area (Å²) in [5, 5.41) is 5.91. The molecular formula is C25H28FN3O4. The van der Waals surface area contributed by atoms with Crippen LogP contribution in [0.2, 0.25) is 0 Å². The van der Waals surface area contributed by atoms with Crippen LogP contribution in [0.25, 0.3) is 0 Å². The summed E-state index contributed by atoms with van der Waals surface area (Å²) >= 11 is 0. The van der Waals surface area contributed by atoms with Gasteiger partial charge in [0.1, 0.15) is 17.6 Å².